The number of nitrogens with zero attached hydrogens (tertiary/aromatic N) is 2. The van der Waals surface area contributed by atoms with E-state index in [1.54, 1.807) is 10.7 Å². The van der Waals surface area contributed by atoms with Gasteiger partial charge in [0.05, 0.1) is 23.1 Å². The number of amides is 1. The summed E-state index contributed by atoms with van der Waals surface area (Å²) in [6, 6.07) is 4.63. The molecule has 200 valence electrons. The highest BCUT2D eigenvalue weighted by atomic mass is 35.5. The molecule has 1 aromatic carbocycles. The van der Waals surface area contributed by atoms with E-state index in [1.807, 2.05) is 6.92 Å². The van der Waals surface area contributed by atoms with Crippen molar-refractivity contribution >= 4 is 27.3 Å². The SMILES string of the molecule is CCn1nc(C(=O)NC[C@H]2CC[C@H](S(C)(=O)=O)CC2)c(Cl)c1-c1ccc(OCC(C)(F)F)cc1OC. The molecule has 1 aromatic heterocycles. The molecular formula is C24H32ClF2N3O5S. The van der Waals surface area contributed by atoms with Gasteiger partial charge in [0.15, 0.2) is 12.3 Å². The fourth-order valence-corrected chi connectivity index (χ4v) is 5.77. The molecule has 2 aromatic rings. The number of benzene rings is 1. The summed E-state index contributed by atoms with van der Waals surface area (Å²) in [7, 11) is -1.61. The predicted molar refractivity (Wildman–Crippen MR) is 134 cm³/mol. The highest BCUT2D eigenvalue weighted by Gasteiger charge is 2.29. The fraction of sp³-hybridized carbons (Fsp3) is 0.583. The van der Waals surface area contributed by atoms with Gasteiger partial charge < -0.3 is 14.8 Å². The molecular weight excluding hydrogens is 516 g/mol. The summed E-state index contributed by atoms with van der Waals surface area (Å²) in [5, 5.41) is 7.09. The van der Waals surface area contributed by atoms with Gasteiger partial charge in [0.25, 0.3) is 11.8 Å². The average molecular weight is 548 g/mol. The number of carbonyl (C=O) groups is 1. The largest absolute Gasteiger partial charge is 0.496 e. The van der Waals surface area contributed by atoms with E-state index in [0.717, 1.165) is 19.8 Å². The Kier molecular flexibility index (Phi) is 8.87. The number of rotatable bonds is 10. The number of carbonyl (C=O) groups excluding carboxylic acids is 1. The van der Waals surface area contributed by atoms with Crippen molar-refractivity contribution in [1.29, 1.82) is 0 Å². The zero-order chi connectivity index (χ0) is 26.7. The van der Waals surface area contributed by atoms with Gasteiger partial charge in [0.2, 0.25) is 0 Å². The molecule has 0 atom stereocenters. The number of methoxy groups -OCH3 is 1. The van der Waals surface area contributed by atoms with Crippen molar-refractivity contribution < 1.29 is 31.5 Å². The van der Waals surface area contributed by atoms with E-state index in [9.17, 15) is 22.0 Å². The number of nitrogens with one attached hydrogen (secondary N) is 1. The Labute approximate surface area is 215 Å². The molecule has 0 unspecified atom stereocenters. The summed E-state index contributed by atoms with van der Waals surface area (Å²) in [6.07, 6.45) is 3.88. The monoisotopic (exact) mass is 547 g/mol. The molecule has 0 bridgehead atoms. The molecule has 1 fully saturated rings. The Balaban J connectivity index is 1.76. The first-order valence-electron chi connectivity index (χ1n) is 11.8. The average Bonchev–Trinajstić information content (AvgIpc) is 3.16. The molecule has 1 aliphatic carbocycles. The van der Waals surface area contributed by atoms with Gasteiger partial charge in [-0.1, -0.05) is 11.6 Å². The maximum Gasteiger partial charge on any atom is 0.278 e. The second-order valence-electron chi connectivity index (χ2n) is 9.23. The first-order chi connectivity index (χ1) is 16.8. The number of aryl methyl sites for hydroxylation is 1. The minimum Gasteiger partial charge on any atom is -0.496 e. The Bertz CT molecular complexity index is 1190. The van der Waals surface area contributed by atoms with Gasteiger partial charge in [0, 0.05) is 37.9 Å². The summed E-state index contributed by atoms with van der Waals surface area (Å²) in [6.45, 7) is 2.66. The summed E-state index contributed by atoms with van der Waals surface area (Å²) in [5.74, 6) is -2.69. The van der Waals surface area contributed by atoms with Gasteiger partial charge in [-0.25, -0.2) is 17.2 Å². The molecule has 1 amide bonds. The van der Waals surface area contributed by atoms with E-state index in [4.69, 9.17) is 21.1 Å². The number of halogens is 3. The number of hydrogen-bond acceptors (Lipinski definition) is 6. The van der Waals surface area contributed by atoms with Crippen molar-refractivity contribution in [3.63, 3.8) is 0 Å². The zero-order valence-electron chi connectivity index (χ0n) is 20.8. The van der Waals surface area contributed by atoms with Crippen LogP contribution in [0.5, 0.6) is 11.5 Å². The van der Waals surface area contributed by atoms with Crippen LogP contribution in [0.25, 0.3) is 11.3 Å². The number of aromatic nitrogens is 2. The van der Waals surface area contributed by atoms with E-state index in [0.29, 0.717) is 42.9 Å². The summed E-state index contributed by atoms with van der Waals surface area (Å²) in [5.41, 5.74) is 1.05. The van der Waals surface area contributed by atoms with Gasteiger partial charge in [-0.05, 0) is 50.7 Å². The van der Waals surface area contributed by atoms with E-state index in [-0.39, 0.29) is 27.6 Å². The Hall–Kier alpha value is -2.40. The molecule has 0 saturated heterocycles. The highest BCUT2D eigenvalue weighted by Crippen LogP contribution is 2.39. The second-order valence-corrected chi connectivity index (χ2v) is 11.9. The Morgan fingerprint density at radius 1 is 1.28 bits per heavy atom. The lowest BCUT2D eigenvalue weighted by Crippen LogP contribution is -2.34. The molecule has 8 nitrogen and oxygen atoms in total. The van der Waals surface area contributed by atoms with Gasteiger partial charge >= 0.3 is 0 Å². The molecule has 1 aliphatic rings. The van der Waals surface area contributed by atoms with Crippen molar-refractivity contribution in [2.45, 2.75) is 57.2 Å². The van der Waals surface area contributed by atoms with Crippen molar-refractivity contribution in [2.75, 3.05) is 26.5 Å². The van der Waals surface area contributed by atoms with Crippen LogP contribution in [0.2, 0.25) is 5.02 Å². The van der Waals surface area contributed by atoms with Crippen LogP contribution in [-0.2, 0) is 16.4 Å². The zero-order valence-corrected chi connectivity index (χ0v) is 22.4. The summed E-state index contributed by atoms with van der Waals surface area (Å²) < 4.78 is 62.0. The predicted octanol–water partition coefficient (Wildman–Crippen LogP) is 4.60. The lowest BCUT2D eigenvalue weighted by atomic mass is 9.89. The van der Waals surface area contributed by atoms with Crippen molar-refractivity contribution in [3.8, 4) is 22.8 Å². The first-order valence-corrected chi connectivity index (χ1v) is 14.1. The molecule has 1 N–H and O–H groups in total. The second kappa shape index (κ2) is 11.3. The molecule has 0 spiro atoms. The maximum atomic E-state index is 13.2. The van der Waals surface area contributed by atoms with E-state index in [1.165, 1.54) is 25.5 Å². The van der Waals surface area contributed by atoms with Crippen molar-refractivity contribution in [3.05, 3.63) is 28.9 Å². The van der Waals surface area contributed by atoms with Crippen LogP contribution >= 0.6 is 11.6 Å². The molecule has 3 rings (SSSR count). The lowest BCUT2D eigenvalue weighted by Gasteiger charge is -2.27. The minimum absolute atomic E-state index is 0.0614. The fourth-order valence-electron chi connectivity index (χ4n) is 4.32. The van der Waals surface area contributed by atoms with Gasteiger partial charge in [-0.3, -0.25) is 9.48 Å². The normalized spacial score (nSPS) is 18.6. The maximum absolute atomic E-state index is 13.2. The number of ether oxygens (including phenoxy) is 2. The Morgan fingerprint density at radius 2 is 1.94 bits per heavy atom. The quantitative estimate of drug-likeness (QED) is 0.467. The third-order valence-corrected chi connectivity index (χ3v) is 8.32. The molecule has 1 saturated carbocycles. The van der Waals surface area contributed by atoms with Crippen LogP contribution in [0.4, 0.5) is 8.78 Å². The van der Waals surface area contributed by atoms with Crippen LogP contribution in [0.15, 0.2) is 18.2 Å². The molecule has 1 heterocycles. The van der Waals surface area contributed by atoms with E-state index < -0.39 is 28.3 Å². The summed E-state index contributed by atoms with van der Waals surface area (Å²) in [4.78, 5) is 12.9. The van der Waals surface area contributed by atoms with Gasteiger partial charge in [-0.2, -0.15) is 5.10 Å². The third-order valence-electron chi connectivity index (χ3n) is 6.28. The molecule has 36 heavy (non-hydrogen) atoms. The number of alkyl halides is 2. The summed E-state index contributed by atoms with van der Waals surface area (Å²) >= 11 is 6.62. The lowest BCUT2D eigenvalue weighted by molar-refractivity contribution is -0.0230. The molecule has 0 radical (unpaired) electrons. The van der Waals surface area contributed by atoms with Gasteiger partial charge in [-0.15, -0.1) is 0 Å². The molecule has 0 aliphatic heterocycles. The van der Waals surface area contributed by atoms with Crippen LogP contribution in [0.3, 0.4) is 0 Å². The number of hydrogen-bond donors (Lipinski definition) is 1. The Morgan fingerprint density at radius 3 is 2.50 bits per heavy atom. The third kappa shape index (κ3) is 6.88. The van der Waals surface area contributed by atoms with Crippen LogP contribution in [0.1, 0.15) is 50.0 Å². The highest BCUT2D eigenvalue weighted by molar-refractivity contribution is 7.91. The first kappa shape index (κ1) is 28.2. The van der Waals surface area contributed by atoms with E-state index in [2.05, 4.69) is 10.4 Å². The van der Waals surface area contributed by atoms with Crippen LogP contribution in [0, 0.1) is 5.92 Å². The topological polar surface area (TPSA) is 99.5 Å². The molecule has 12 heteroatoms. The smallest absolute Gasteiger partial charge is 0.278 e. The van der Waals surface area contributed by atoms with Crippen LogP contribution in [-0.4, -0.2) is 61.8 Å². The standard InChI is InChI=1S/C24H32ClF2N3O5S/c1-5-30-22(18-11-8-16(12-19(18)34-3)35-14-24(2,26)27)20(25)21(29-30)23(31)28-13-15-6-9-17(10-7-15)36(4,32)33/h8,11-12,15,17H,5-7,9-10,13-14H2,1-4H3,(H,28,31)/t15-,17-. The number of sulfone groups is 1. The van der Waals surface area contributed by atoms with Crippen molar-refractivity contribution in [2.24, 2.45) is 5.92 Å². The van der Waals surface area contributed by atoms with Gasteiger partial charge in [0.1, 0.15) is 21.3 Å². The van der Waals surface area contributed by atoms with Crippen LogP contribution < -0.4 is 14.8 Å². The van der Waals surface area contributed by atoms with E-state index >= 15 is 0 Å². The minimum atomic E-state index is -3.05. The van der Waals surface area contributed by atoms with Crippen molar-refractivity contribution in [1.82, 2.24) is 15.1 Å².